The van der Waals surface area contributed by atoms with Crippen LogP contribution in [-0.2, 0) is 14.4 Å². The third-order valence-corrected chi connectivity index (χ3v) is 3.51. The van der Waals surface area contributed by atoms with Crippen molar-refractivity contribution in [3.8, 4) is 0 Å². The molecule has 0 saturated heterocycles. The van der Waals surface area contributed by atoms with E-state index in [1.807, 2.05) is 0 Å². The Morgan fingerprint density at radius 1 is 1.33 bits per heavy atom. The summed E-state index contributed by atoms with van der Waals surface area (Å²) in [4.78, 5) is 34.7. The highest BCUT2D eigenvalue weighted by molar-refractivity contribution is 6.27. The van der Waals surface area contributed by atoms with Crippen LogP contribution in [0.1, 0.15) is 29.5 Å². The van der Waals surface area contributed by atoms with Gasteiger partial charge in [-0.2, -0.15) is 0 Å². The van der Waals surface area contributed by atoms with Crippen molar-refractivity contribution in [2.24, 2.45) is 0 Å². The fraction of sp³-hybridized carbons (Fsp3) is 0.267. The number of hydrogen-bond acceptors (Lipinski definition) is 4. The van der Waals surface area contributed by atoms with Crippen LogP contribution in [0.5, 0.6) is 0 Å². The van der Waals surface area contributed by atoms with Gasteiger partial charge in [0.25, 0.3) is 5.91 Å². The van der Waals surface area contributed by atoms with E-state index in [9.17, 15) is 19.5 Å². The Morgan fingerprint density at radius 2 is 2.00 bits per heavy atom. The molecule has 0 bridgehead atoms. The predicted octanol–water partition coefficient (Wildman–Crippen LogP) is 1.15. The predicted molar refractivity (Wildman–Crippen MR) is 74.8 cm³/mol. The van der Waals surface area contributed by atoms with Gasteiger partial charge in [0.05, 0.1) is 0 Å². The number of ketones is 1. The van der Waals surface area contributed by atoms with Crippen molar-refractivity contribution in [2.45, 2.75) is 19.8 Å². The number of fused-ring (bicyclic) bond motifs is 1. The van der Waals surface area contributed by atoms with Gasteiger partial charge < -0.3 is 15.5 Å². The van der Waals surface area contributed by atoms with E-state index in [1.165, 1.54) is 0 Å². The zero-order valence-corrected chi connectivity index (χ0v) is 11.6. The van der Waals surface area contributed by atoms with E-state index in [2.05, 4.69) is 5.32 Å². The van der Waals surface area contributed by atoms with Gasteiger partial charge in [0.15, 0.2) is 5.78 Å². The summed E-state index contributed by atoms with van der Waals surface area (Å²) in [5, 5.41) is 21.0. The number of Topliss-reactive ketones (excluding diaryl/α,β-unsaturated/α-hetero) is 1. The molecule has 0 saturated carbocycles. The molecule has 1 unspecified atom stereocenters. The Kier molecular flexibility index (Phi) is 3.80. The van der Waals surface area contributed by atoms with Crippen molar-refractivity contribution in [1.82, 2.24) is 5.32 Å². The van der Waals surface area contributed by atoms with Crippen molar-refractivity contribution in [1.29, 1.82) is 0 Å². The lowest BCUT2D eigenvalue weighted by molar-refractivity contribution is -0.137. The number of amides is 1. The Bertz CT molecular complexity index is 675. The number of carbonyl (C=O) groups excluding carboxylic acids is 2. The van der Waals surface area contributed by atoms with Crippen molar-refractivity contribution in [2.75, 3.05) is 6.54 Å². The summed E-state index contributed by atoms with van der Waals surface area (Å²) in [7, 11) is 0. The normalized spacial score (nSPS) is 17.4. The van der Waals surface area contributed by atoms with Crippen molar-refractivity contribution >= 4 is 23.4 Å². The number of aliphatic hydroxyl groups excluding tert-OH is 1. The van der Waals surface area contributed by atoms with Crippen molar-refractivity contribution < 1.29 is 24.6 Å². The molecule has 2 rings (SSSR count). The maximum Gasteiger partial charge on any atom is 0.322 e. The van der Waals surface area contributed by atoms with Crippen molar-refractivity contribution in [3.63, 3.8) is 0 Å². The summed E-state index contributed by atoms with van der Waals surface area (Å²) in [5.41, 5.74) is 1.48. The maximum atomic E-state index is 12.3. The molecule has 21 heavy (non-hydrogen) atoms. The second-order valence-electron chi connectivity index (χ2n) is 4.93. The molecule has 1 aliphatic carbocycles. The summed E-state index contributed by atoms with van der Waals surface area (Å²) < 4.78 is 0. The molecular weight excluding hydrogens is 274 g/mol. The Balaban J connectivity index is 2.52. The highest BCUT2D eigenvalue weighted by atomic mass is 16.4. The van der Waals surface area contributed by atoms with Gasteiger partial charge in [0.1, 0.15) is 17.9 Å². The number of aliphatic hydroxyl groups is 1. The van der Waals surface area contributed by atoms with Gasteiger partial charge in [-0.1, -0.05) is 25.1 Å². The number of nitrogens with one attached hydrogen (secondary N) is 1. The minimum Gasteiger partial charge on any atom is -0.506 e. The lowest BCUT2D eigenvalue weighted by Crippen LogP contribution is -2.36. The second-order valence-corrected chi connectivity index (χ2v) is 4.93. The van der Waals surface area contributed by atoms with Gasteiger partial charge in [0.2, 0.25) is 0 Å². The largest absolute Gasteiger partial charge is 0.506 e. The summed E-state index contributed by atoms with van der Waals surface area (Å²) in [5.74, 6) is -3.58. The maximum absolute atomic E-state index is 12.3. The fourth-order valence-electron chi connectivity index (χ4n) is 2.44. The standard InChI is InChI=1S/C15H15NO5/c1-7-4-3-5-9-8(2)13(19)12(14(20)11(7)9)15(21)16-6-10(17)18/h3-5,8,20H,6H2,1-2H3,(H,16,21)(H,17,18). The number of carboxylic acid groups (broad SMARTS) is 1. The third kappa shape index (κ3) is 2.52. The molecule has 0 spiro atoms. The topological polar surface area (TPSA) is 104 Å². The number of hydrogen-bond donors (Lipinski definition) is 3. The summed E-state index contributed by atoms with van der Waals surface area (Å²) in [6.07, 6.45) is 0. The molecular formula is C15H15NO5. The number of rotatable bonds is 3. The highest BCUT2D eigenvalue weighted by Gasteiger charge is 2.36. The van der Waals surface area contributed by atoms with Crippen LogP contribution in [0.2, 0.25) is 0 Å². The van der Waals surface area contributed by atoms with Gasteiger partial charge in [-0.05, 0) is 18.1 Å². The van der Waals surface area contributed by atoms with Crippen LogP contribution in [0, 0.1) is 6.92 Å². The fourth-order valence-corrected chi connectivity index (χ4v) is 2.44. The number of carboxylic acids is 1. The minimum atomic E-state index is -1.23. The van der Waals surface area contributed by atoms with E-state index in [-0.39, 0.29) is 5.57 Å². The van der Waals surface area contributed by atoms with Gasteiger partial charge in [-0.3, -0.25) is 14.4 Å². The Labute approximate surface area is 121 Å². The van der Waals surface area contributed by atoms with Gasteiger partial charge in [0, 0.05) is 11.5 Å². The molecule has 1 atom stereocenters. The van der Waals surface area contributed by atoms with E-state index in [0.717, 1.165) is 5.56 Å². The minimum absolute atomic E-state index is 0.384. The quantitative estimate of drug-likeness (QED) is 0.724. The third-order valence-electron chi connectivity index (χ3n) is 3.51. The highest BCUT2D eigenvalue weighted by Crippen LogP contribution is 2.36. The molecule has 0 aromatic heterocycles. The lowest BCUT2D eigenvalue weighted by Gasteiger charge is -2.24. The number of aliphatic carboxylic acids is 1. The molecule has 0 heterocycles. The molecule has 1 amide bonds. The van der Waals surface area contributed by atoms with E-state index in [0.29, 0.717) is 11.1 Å². The van der Waals surface area contributed by atoms with Crippen LogP contribution in [0.4, 0.5) is 0 Å². The first-order valence-electron chi connectivity index (χ1n) is 6.42. The van der Waals surface area contributed by atoms with Crippen LogP contribution in [-0.4, -0.2) is 34.4 Å². The molecule has 3 N–H and O–H groups in total. The Hall–Kier alpha value is -2.63. The molecule has 1 aliphatic rings. The zero-order valence-electron chi connectivity index (χ0n) is 11.6. The number of benzene rings is 1. The van der Waals surface area contributed by atoms with Gasteiger partial charge in [-0.25, -0.2) is 0 Å². The SMILES string of the molecule is Cc1cccc2c1C(O)=C(C(=O)NCC(=O)O)C(=O)C2C. The molecule has 6 heteroatoms. The van der Waals surface area contributed by atoms with E-state index < -0.39 is 35.9 Å². The summed E-state index contributed by atoms with van der Waals surface area (Å²) in [6, 6.07) is 5.28. The smallest absolute Gasteiger partial charge is 0.322 e. The van der Waals surface area contributed by atoms with E-state index in [4.69, 9.17) is 5.11 Å². The summed E-state index contributed by atoms with van der Waals surface area (Å²) in [6.45, 7) is 2.81. The molecule has 0 aliphatic heterocycles. The first-order valence-corrected chi connectivity index (χ1v) is 6.42. The van der Waals surface area contributed by atoms with Crippen molar-refractivity contribution in [3.05, 3.63) is 40.5 Å². The van der Waals surface area contributed by atoms with Gasteiger partial charge in [-0.15, -0.1) is 0 Å². The van der Waals surface area contributed by atoms with Crippen LogP contribution in [0.25, 0.3) is 5.76 Å². The first kappa shape index (κ1) is 14.8. The molecule has 6 nitrogen and oxygen atoms in total. The summed E-state index contributed by atoms with van der Waals surface area (Å²) >= 11 is 0. The molecule has 1 aromatic carbocycles. The second kappa shape index (κ2) is 5.40. The first-order chi connectivity index (χ1) is 9.84. The van der Waals surface area contributed by atoms with Crippen LogP contribution >= 0.6 is 0 Å². The molecule has 0 radical (unpaired) electrons. The monoisotopic (exact) mass is 289 g/mol. The zero-order chi connectivity index (χ0) is 15.7. The number of carbonyl (C=O) groups is 3. The van der Waals surface area contributed by atoms with E-state index >= 15 is 0 Å². The Morgan fingerprint density at radius 3 is 2.62 bits per heavy atom. The molecule has 0 fully saturated rings. The van der Waals surface area contributed by atoms with Crippen LogP contribution < -0.4 is 5.32 Å². The average Bonchev–Trinajstić information content (AvgIpc) is 2.42. The number of aryl methyl sites for hydroxylation is 1. The van der Waals surface area contributed by atoms with Crippen LogP contribution in [0.3, 0.4) is 0 Å². The lowest BCUT2D eigenvalue weighted by atomic mass is 9.80. The van der Waals surface area contributed by atoms with E-state index in [1.54, 1.807) is 32.0 Å². The average molecular weight is 289 g/mol. The van der Waals surface area contributed by atoms with Crippen LogP contribution in [0.15, 0.2) is 23.8 Å². The molecule has 1 aromatic rings. The van der Waals surface area contributed by atoms with Gasteiger partial charge >= 0.3 is 5.97 Å². The molecule has 110 valence electrons.